The van der Waals surface area contributed by atoms with Crippen molar-refractivity contribution in [2.24, 2.45) is 0 Å². The van der Waals surface area contributed by atoms with Gasteiger partial charge in [0.2, 0.25) is 0 Å². The molecular weight excluding hydrogens is 365 g/mol. The fourth-order valence-corrected chi connectivity index (χ4v) is 3.00. The van der Waals surface area contributed by atoms with Crippen LogP contribution in [0.25, 0.3) is 5.69 Å². The Labute approximate surface area is 161 Å². The number of amides is 1. The minimum atomic E-state index is -0.494. The van der Waals surface area contributed by atoms with Crippen LogP contribution >= 0.6 is 0 Å². The zero-order valence-electron chi connectivity index (χ0n) is 16.0. The lowest BCUT2D eigenvalue weighted by atomic mass is 10.2. The fourth-order valence-electron chi connectivity index (χ4n) is 3.00. The molecule has 0 fully saturated rings. The number of ether oxygens (including phenoxy) is 1. The molecule has 146 valence electrons. The van der Waals surface area contributed by atoms with Crippen LogP contribution in [0.5, 0.6) is 0 Å². The molecule has 0 radical (unpaired) electrons. The Morgan fingerprint density at radius 1 is 1.21 bits per heavy atom. The molecule has 3 rings (SSSR count). The minimum absolute atomic E-state index is 0.108. The second-order valence-corrected chi connectivity index (χ2v) is 6.29. The average Bonchev–Trinajstić information content (AvgIpc) is 3.19. The van der Waals surface area contributed by atoms with Crippen LogP contribution in [0.15, 0.2) is 34.7 Å². The molecule has 3 aromatic rings. The first-order valence-corrected chi connectivity index (χ1v) is 8.59. The van der Waals surface area contributed by atoms with Gasteiger partial charge in [0, 0.05) is 0 Å². The summed E-state index contributed by atoms with van der Waals surface area (Å²) in [4.78, 5) is 24.3. The Hall–Kier alpha value is -3.42. The molecule has 8 heteroatoms. The van der Waals surface area contributed by atoms with Crippen molar-refractivity contribution in [1.82, 2.24) is 15.1 Å². The third-order valence-corrected chi connectivity index (χ3v) is 4.39. The number of aryl methyl sites for hydroxylation is 2. The van der Waals surface area contributed by atoms with Crippen molar-refractivity contribution in [1.29, 1.82) is 0 Å². The topological polar surface area (TPSA) is 86.4 Å². The van der Waals surface area contributed by atoms with Crippen molar-refractivity contribution in [3.05, 3.63) is 70.2 Å². The number of methoxy groups -OCH3 is 1. The molecule has 7 nitrogen and oxygen atoms in total. The molecule has 0 spiro atoms. The summed E-state index contributed by atoms with van der Waals surface area (Å²) >= 11 is 0. The Balaban J connectivity index is 1.78. The van der Waals surface area contributed by atoms with E-state index in [1.165, 1.54) is 19.2 Å². The van der Waals surface area contributed by atoms with Gasteiger partial charge in [0.05, 0.1) is 36.3 Å². The normalized spacial score (nSPS) is 10.8. The van der Waals surface area contributed by atoms with E-state index in [9.17, 15) is 14.0 Å². The lowest BCUT2D eigenvalue weighted by molar-refractivity contribution is 0.0598. The molecule has 0 aliphatic rings. The number of rotatable bonds is 5. The van der Waals surface area contributed by atoms with E-state index in [4.69, 9.17) is 4.42 Å². The van der Waals surface area contributed by atoms with Gasteiger partial charge in [-0.05, 0) is 51.1 Å². The highest BCUT2D eigenvalue weighted by Gasteiger charge is 2.21. The van der Waals surface area contributed by atoms with Gasteiger partial charge in [-0.1, -0.05) is 0 Å². The largest absolute Gasteiger partial charge is 0.465 e. The van der Waals surface area contributed by atoms with E-state index in [1.54, 1.807) is 43.7 Å². The summed E-state index contributed by atoms with van der Waals surface area (Å²) in [6, 6.07) is 7.41. The van der Waals surface area contributed by atoms with E-state index in [-0.39, 0.29) is 18.3 Å². The third-order valence-electron chi connectivity index (χ3n) is 4.39. The van der Waals surface area contributed by atoms with Gasteiger partial charge in [0.25, 0.3) is 5.91 Å². The molecule has 1 N–H and O–H groups in total. The minimum Gasteiger partial charge on any atom is -0.465 e. The van der Waals surface area contributed by atoms with Gasteiger partial charge in [0.1, 0.15) is 22.9 Å². The fraction of sp³-hybridized carbons (Fsp3) is 0.250. The molecule has 0 saturated heterocycles. The molecule has 2 aromatic heterocycles. The smallest absolute Gasteiger partial charge is 0.341 e. The number of carbonyl (C=O) groups is 2. The van der Waals surface area contributed by atoms with E-state index < -0.39 is 5.97 Å². The first-order chi connectivity index (χ1) is 13.3. The summed E-state index contributed by atoms with van der Waals surface area (Å²) in [7, 11) is 1.29. The molecule has 2 heterocycles. The van der Waals surface area contributed by atoms with Crippen LogP contribution in [0.4, 0.5) is 4.39 Å². The molecule has 1 aromatic carbocycles. The van der Waals surface area contributed by atoms with Gasteiger partial charge in [0.15, 0.2) is 0 Å². The summed E-state index contributed by atoms with van der Waals surface area (Å²) in [5.41, 5.74) is 2.59. The summed E-state index contributed by atoms with van der Waals surface area (Å²) in [6.07, 6.45) is 0. The second-order valence-electron chi connectivity index (χ2n) is 6.29. The Morgan fingerprint density at radius 2 is 1.89 bits per heavy atom. The third kappa shape index (κ3) is 3.66. The van der Waals surface area contributed by atoms with Gasteiger partial charge in [-0.25, -0.2) is 13.9 Å². The number of carbonyl (C=O) groups excluding carboxylic acids is 2. The molecule has 0 aliphatic carbocycles. The van der Waals surface area contributed by atoms with E-state index in [1.807, 2.05) is 0 Å². The Morgan fingerprint density at radius 3 is 2.54 bits per heavy atom. The molecular formula is C20H20FN3O4. The summed E-state index contributed by atoms with van der Waals surface area (Å²) < 4.78 is 24.9. The van der Waals surface area contributed by atoms with Crippen molar-refractivity contribution in [3.8, 4) is 5.69 Å². The number of hydrogen-bond donors (Lipinski definition) is 1. The monoisotopic (exact) mass is 385 g/mol. The molecule has 28 heavy (non-hydrogen) atoms. The number of aromatic nitrogens is 2. The Bertz CT molecular complexity index is 1030. The van der Waals surface area contributed by atoms with Gasteiger partial charge >= 0.3 is 5.97 Å². The molecule has 1 amide bonds. The van der Waals surface area contributed by atoms with Crippen LogP contribution in [0.2, 0.25) is 0 Å². The maximum Gasteiger partial charge on any atom is 0.341 e. The van der Waals surface area contributed by atoms with Gasteiger partial charge in [-0.3, -0.25) is 4.79 Å². The van der Waals surface area contributed by atoms with E-state index in [2.05, 4.69) is 15.2 Å². The highest BCUT2D eigenvalue weighted by molar-refractivity contribution is 5.96. The first-order valence-electron chi connectivity index (χ1n) is 8.59. The van der Waals surface area contributed by atoms with Crippen molar-refractivity contribution in [2.45, 2.75) is 27.3 Å². The second kappa shape index (κ2) is 7.67. The average molecular weight is 385 g/mol. The van der Waals surface area contributed by atoms with Crippen LogP contribution in [0, 0.1) is 26.6 Å². The van der Waals surface area contributed by atoms with Crippen LogP contribution in [0.3, 0.4) is 0 Å². The number of hydrogen-bond acceptors (Lipinski definition) is 5. The van der Waals surface area contributed by atoms with Crippen LogP contribution in [0.1, 0.15) is 43.6 Å². The van der Waals surface area contributed by atoms with Crippen LogP contribution < -0.4 is 5.32 Å². The quantitative estimate of drug-likeness (QED) is 0.682. The summed E-state index contributed by atoms with van der Waals surface area (Å²) in [5, 5.41) is 7.16. The highest BCUT2D eigenvalue weighted by atomic mass is 19.1. The first kappa shape index (κ1) is 19.3. The van der Waals surface area contributed by atoms with Crippen molar-refractivity contribution >= 4 is 11.9 Å². The van der Waals surface area contributed by atoms with Crippen LogP contribution in [-0.4, -0.2) is 28.8 Å². The van der Waals surface area contributed by atoms with Crippen molar-refractivity contribution in [3.63, 3.8) is 0 Å². The number of nitrogens with one attached hydrogen (secondary N) is 1. The van der Waals surface area contributed by atoms with E-state index in [0.717, 1.165) is 0 Å². The van der Waals surface area contributed by atoms with E-state index in [0.29, 0.717) is 39.7 Å². The summed E-state index contributed by atoms with van der Waals surface area (Å²) in [5.74, 6) is -0.300. The molecule has 0 atom stereocenters. The molecule has 0 saturated carbocycles. The lowest BCUT2D eigenvalue weighted by Gasteiger charge is -2.06. The molecule has 0 aliphatic heterocycles. The van der Waals surface area contributed by atoms with Crippen molar-refractivity contribution in [2.75, 3.05) is 7.11 Å². The highest BCUT2D eigenvalue weighted by Crippen LogP contribution is 2.19. The number of esters is 1. The zero-order chi connectivity index (χ0) is 20.4. The molecule has 0 bridgehead atoms. The van der Waals surface area contributed by atoms with Gasteiger partial charge in [-0.2, -0.15) is 5.10 Å². The van der Waals surface area contributed by atoms with Gasteiger partial charge in [-0.15, -0.1) is 0 Å². The van der Waals surface area contributed by atoms with E-state index >= 15 is 0 Å². The number of nitrogens with zero attached hydrogens (tertiary/aromatic N) is 2. The predicted molar refractivity (Wildman–Crippen MR) is 99.0 cm³/mol. The maximum absolute atomic E-state index is 13.1. The SMILES string of the molecule is COC(=O)c1cc(CNC(=O)c2c(C)nn(-c3ccc(F)cc3)c2C)oc1C. The number of halogens is 1. The zero-order valence-corrected chi connectivity index (χ0v) is 16.0. The van der Waals surface area contributed by atoms with Crippen molar-refractivity contribution < 1.29 is 23.1 Å². The predicted octanol–water partition coefficient (Wildman–Crippen LogP) is 3.25. The standard InChI is InChI=1S/C20H20FN3O4/c1-11-18(12(2)24(23-11)15-7-5-14(21)6-8-15)19(25)22-10-16-9-17(13(3)28-16)20(26)27-4/h5-9H,10H2,1-4H3,(H,22,25). The van der Waals surface area contributed by atoms with Crippen LogP contribution in [-0.2, 0) is 11.3 Å². The number of furan rings is 1. The van der Waals surface area contributed by atoms with Gasteiger partial charge < -0.3 is 14.5 Å². The lowest BCUT2D eigenvalue weighted by Crippen LogP contribution is -2.23. The molecule has 0 unspecified atom stereocenters. The number of benzene rings is 1. The maximum atomic E-state index is 13.1. The Kier molecular flexibility index (Phi) is 5.30. The summed E-state index contributed by atoms with van der Waals surface area (Å²) in [6.45, 7) is 5.26.